The summed E-state index contributed by atoms with van der Waals surface area (Å²) in [5.74, 6) is 0. The van der Waals surface area contributed by atoms with Gasteiger partial charge < -0.3 is 5.21 Å². The average Bonchev–Trinajstić information content (AvgIpc) is 2.14. The molecule has 1 N–H and O–H groups in total. The van der Waals surface area contributed by atoms with Gasteiger partial charge >= 0.3 is 0 Å². The summed E-state index contributed by atoms with van der Waals surface area (Å²) in [5, 5.41) is 8.80. The van der Waals surface area contributed by atoms with Crippen molar-refractivity contribution in [2.45, 2.75) is 0 Å². The molecule has 0 bridgehead atoms. The molecule has 0 aliphatic rings. The maximum absolute atomic E-state index is 8.80. The third kappa shape index (κ3) is 0.601. The van der Waals surface area contributed by atoms with Crippen molar-refractivity contribution < 1.29 is 5.21 Å². The van der Waals surface area contributed by atoms with Gasteiger partial charge in [-0.3, -0.25) is 0 Å². The second-order valence-corrected chi connectivity index (χ2v) is 1.48. The van der Waals surface area contributed by atoms with Crippen molar-refractivity contribution in [1.29, 1.82) is 0 Å². The van der Waals surface area contributed by atoms with E-state index in [4.69, 9.17) is 5.21 Å². The van der Waals surface area contributed by atoms with E-state index in [1.165, 1.54) is 0 Å². The summed E-state index contributed by atoms with van der Waals surface area (Å²) in [7, 11) is 0. The second-order valence-electron chi connectivity index (χ2n) is 1.48. The number of hydrogen-bond acceptors (Lipinski definition) is 1. The van der Waals surface area contributed by atoms with Crippen LogP contribution in [0, 0.1) is 0 Å². The van der Waals surface area contributed by atoms with E-state index >= 15 is 0 Å². The molecule has 0 fully saturated rings. The fraction of sp³-hybridized carbons (Fsp3) is 0. The van der Waals surface area contributed by atoms with Crippen molar-refractivity contribution in [3.8, 4) is 0 Å². The Kier molecular flexibility index (Phi) is 1.08. The van der Waals surface area contributed by atoms with Crippen molar-refractivity contribution in [2.75, 3.05) is 0 Å². The van der Waals surface area contributed by atoms with Crippen LogP contribution in [-0.2, 0) is 0 Å². The van der Waals surface area contributed by atoms with Crippen molar-refractivity contribution in [3.63, 3.8) is 0 Å². The van der Waals surface area contributed by atoms with Crippen LogP contribution in [0.25, 0.3) is 6.08 Å². The van der Waals surface area contributed by atoms with Crippen molar-refractivity contribution >= 4 is 6.08 Å². The van der Waals surface area contributed by atoms with Crippen molar-refractivity contribution in [3.05, 3.63) is 30.6 Å². The molecule has 42 valence electrons. The van der Waals surface area contributed by atoms with E-state index in [9.17, 15) is 0 Å². The van der Waals surface area contributed by atoms with E-state index in [-0.39, 0.29) is 0 Å². The first-order valence-electron chi connectivity index (χ1n) is 2.33. The standard InChI is InChI=1S/C6H7NO/c1-2-6-4-3-5-7(6)8/h2-5,8H,1H2. The number of hydrogen-bond donors (Lipinski definition) is 1. The molecule has 0 spiro atoms. The summed E-state index contributed by atoms with van der Waals surface area (Å²) in [6, 6.07) is 3.52. The molecule has 2 nitrogen and oxygen atoms in total. The number of aromatic nitrogens is 1. The number of rotatable bonds is 1. The Balaban J connectivity index is 3.09. The minimum atomic E-state index is 0.713. The van der Waals surface area contributed by atoms with Crippen LogP contribution in [0.1, 0.15) is 5.69 Å². The second kappa shape index (κ2) is 1.74. The zero-order chi connectivity index (χ0) is 5.98. The van der Waals surface area contributed by atoms with Crippen LogP contribution in [0.3, 0.4) is 0 Å². The lowest BCUT2D eigenvalue weighted by Crippen LogP contribution is -1.87. The van der Waals surface area contributed by atoms with Gasteiger partial charge in [-0.1, -0.05) is 6.58 Å². The average molecular weight is 109 g/mol. The van der Waals surface area contributed by atoms with E-state index in [0.29, 0.717) is 5.69 Å². The lowest BCUT2D eigenvalue weighted by Gasteiger charge is -1.90. The highest BCUT2D eigenvalue weighted by Gasteiger charge is 1.88. The Bertz CT molecular complexity index is 190. The minimum Gasteiger partial charge on any atom is -0.428 e. The molecule has 1 rings (SSSR count). The molecule has 0 saturated carbocycles. The molecule has 0 amide bonds. The Labute approximate surface area is 47.6 Å². The van der Waals surface area contributed by atoms with Crippen LogP contribution < -0.4 is 0 Å². The molecule has 1 aromatic rings. The Morgan fingerprint density at radius 1 is 1.75 bits per heavy atom. The molecule has 0 saturated heterocycles. The van der Waals surface area contributed by atoms with Gasteiger partial charge in [-0.15, -0.1) is 0 Å². The molecule has 0 aliphatic carbocycles. The molecule has 0 aromatic carbocycles. The van der Waals surface area contributed by atoms with Gasteiger partial charge in [-0.2, -0.15) is 4.73 Å². The quantitative estimate of drug-likeness (QED) is 0.541. The van der Waals surface area contributed by atoms with Gasteiger partial charge in [0.1, 0.15) is 0 Å². The monoisotopic (exact) mass is 109 g/mol. The van der Waals surface area contributed by atoms with Gasteiger partial charge in [0.05, 0.1) is 5.69 Å². The van der Waals surface area contributed by atoms with Gasteiger partial charge in [0.15, 0.2) is 0 Å². The maximum Gasteiger partial charge on any atom is 0.0787 e. The lowest BCUT2D eigenvalue weighted by molar-refractivity contribution is 0.185. The largest absolute Gasteiger partial charge is 0.428 e. The van der Waals surface area contributed by atoms with Crippen molar-refractivity contribution in [2.24, 2.45) is 0 Å². The summed E-state index contributed by atoms with van der Waals surface area (Å²) in [5.41, 5.74) is 0.713. The van der Waals surface area contributed by atoms with Gasteiger partial charge in [0, 0.05) is 6.20 Å². The molecular formula is C6H7NO. The smallest absolute Gasteiger partial charge is 0.0787 e. The Morgan fingerprint density at radius 3 is 2.75 bits per heavy atom. The summed E-state index contributed by atoms with van der Waals surface area (Å²) in [6.07, 6.45) is 3.14. The van der Waals surface area contributed by atoms with E-state index < -0.39 is 0 Å². The summed E-state index contributed by atoms with van der Waals surface area (Å²) < 4.78 is 1.02. The fourth-order valence-corrected chi connectivity index (χ4v) is 0.547. The molecule has 0 atom stereocenters. The van der Waals surface area contributed by atoms with Crippen LogP contribution in [-0.4, -0.2) is 9.94 Å². The van der Waals surface area contributed by atoms with Crippen LogP contribution >= 0.6 is 0 Å². The Hall–Kier alpha value is -1.18. The first-order valence-corrected chi connectivity index (χ1v) is 2.33. The highest BCUT2D eigenvalue weighted by atomic mass is 16.5. The van der Waals surface area contributed by atoms with E-state index in [0.717, 1.165) is 4.73 Å². The van der Waals surface area contributed by atoms with Crippen molar-refractivity contribution in [1.82, 2.24) is 4.73 Å². The van der Waals surface area contributed by atoms with Gasteiger partial charge in [0.2, 0.25) is 0 Å². The van der Waals surface area contributed by atoms with Crippen LogP contribution in [0.4, 0.5) is 0 Å². The maximum atomic E-state index is 8.80. The fourth-order valence-electron chi connectivity index (χ4n) is 0.547. The molecule has 1 aromatic heterocycles. The van der Waals surface area contributed by atoms with E-state index in [1.54, 1.807) is 24.4 Å². The summed E-state index contributed by atoms with van der Waals surface area (Å²) in [4.78, 5) is 0. The number of nitrogens with zero attached hydrogens (tertiary/aromatic N) is 1. The normalized spacial score (nSPS) is 9.00. The van der Waals surface area contributed by atoms with Crippen LogP contribution in [0.2, 0.25) is 0 Å². The van der Waals surface area contributed by atoms with E-state index in [2.05, 4.69) is 6.58 Å². The topological polar surface area (TPSA) is 25.2 Å². The highest BCUT2D eigenvalue weighted by molar-refractivity contribution is 5.41. The SMILES string of the molecule is C=Cc1cccn1O. The first-order chi connectivity index (χ1) is 3.84. The zero-order valence-corrected chi connectivity index (χ0v) is 4.41. The molecule has 0 aliphatic heterocycles. The lowest BCUT2D eigenvalue weighted by atomic mass is 10.4. The first kappa shape index (κ1) is 4.97. The van der Waals surface area contributed by atoms with Crippen LogP contribution in [0.15, 0.2) is 24.9 Å². The van der Waals surface area contributed by atoms with E-state index in [1.807, 2.05) is 0 Å². The minimum absolute atomic E-state index is 0.713. The van der Waals surface area contributed by atoms with Crippen LogP contribution in [0.5, 0.6) is 0 Å². The molecule has 0 unspecified atom stereocenters. The molecule has 2 heteroatoms. The summed E-state index contributed by atoms with van der Waals surface area (Å²) in [6.45, 7) is 3.48. The van der Waals surface area contributed by atoms with Gasteiger partial charge in [-0.05, 0) is 18.2 Å². The molecular weight excluding hydrogens is 102 g/mol. The third-order valence-corrected chi connectivity index (χ3v) is 0.968. The van der Waals surface area contributed by atoms with Gasteiger partial charge in [-0.25, -0.2) is 0 Å². The van der Waals surface area contributed by atoms with Gasteiger partial charge in [0.25, 0.3) is 0 Å². The predicted molar refractivity (Wildman–Crippen MR) is 31.7 cm³/mol. The molecule has 1 heterocycles. The molecule has 8 heavy (non-hydrogen) atoms. The summed E-state index contributed by atoms with van der Waals surface area (Å²) >= 11 is 0. The third-order valence-electron chi connectivity index (χ3n) is 0.968. The zero-order valence-electron chi connectivity index (χ0n) is 4.41. The molecule has 0 radical (unpaired) electrons. The highest BCUT2D eigenvalue weighted by Crippen LogP contribution is 1.98. The predicted octanol–water partition coefficient (Wildman–Crippen LogP) is 1.37. The Morgan fingerprint density at radius 2 is 2.50 bits per heavy atom.